The van der Waals surface area contributed by atoms with Crippen LogP contribution < -0.4 is 18.9 Å². The van der Waals surface area contributed by atoms with E-state index in [4.69, 9.17) is 35.3 Å². The van der Waals surface area contributed by atoms with E-state index in [0.717, 1.165) is 11.6 Å². The fraction of sp³-hybridized carbons (Fsp3) is 0.207. The lowest BCUT2D eigenvalue weighted by Crippen LogP contribution is -2.11. The van der Waals surface area contributed by atoms with Crippen LogP contribution in [0.15, 0.2) is 73.3 Å². The number of hydrogen-bond donors (Lipinski definition) is 0. The summed E-state index contributed by atoms with van der Waals surface area (Å²) in [5, 5.41) is 0.0769. The maximum atomic E-state index is 12.7. The number of ether oxygens (including phenoxy) is 5. The standard InChI is InChI=1S/C29H27ClO8/c1-4-27(31)36-16-6-5-15-35-25-14-9-20(17-26(25)34-3)28(32)38-22-12-13-23(24(30)18-22)29(33)37-21-10-7-19(2)8-11-21/h4,7-14,17-18H,1,5-6,15-16H2,2-3H3. The predicted molar refractivity (Wildman–Crippen MR) is 141 cm³/mol. The Labute approximate surface area is 225 Å². The predicted octanol–water partition coefficient (Wildman–Crippen LogP) is 5.98. The molecule has 0 unspecified atom stereocenters. The van der Waals surface area contributed by atoms with Crippen LogP contribution in [0, 0.1) is 6.92 Å². The molecular formula is C29H27ClO8. The summed E-state index contributed by atoms with van der Waals surface area (Å²) < 4.78 is 26.7. The van der Waals surface area contributed by atoms with Crippen LogP contribution >= 0.6 is 11.6 Å². The Hall–Kier alpha value is -4.30. The lowest BCUT2D eigenvalue weighted by Gasteiger charge is -2.12. The summed E-state index contributed by atoms with van der Waals surface area (Å²) in [4.78, 5) is 36.2. The van der Waals surface area contributed by atoms with Crippen LogP contribution in [-0.2, 0) is 9.53 Å². The molecule has 0 saturated heterocycles. The number of hydrogen-bond acceptors (Lipinski definition) is 8. The number of aryl methyl sites for hydroxylation is 1. The van der Waals surface area contributed by atoms with Crippen LogP contribution in [0.3, 0.4) is 0 Å². The van der Waals surface area contributed by atoms with Crippen LogP contribution in [0.25, 0.3) is 0 Å². The highest BCUT2D eigenvalue weighted by Crippen LogP contribution is 2.30. The molecule has 0 amide bonds. The molecule has 3 aromatic carbocycles. The molecule has 0 heterocycles. The average molecular weight is 539 g/mol. The average Bonchev–Trinajstić information content (AvgIpc) is 2.91. The zero-order valence-electron chi connectivity index (χ0n) is 21.0. The van der Waals surface area contributed by atoms with Gasteiger partial charge in [-0.2, -0.15) is 0 Å². The second kappa shape index (κ2) is 13.9. The molecule has 0 bridgehead atoms. The molecule has 0 atom stereocenters. The maximum absolute atomic E-state index is 12.7. The van der Waals surface area contributed by atoms with Crippen molar-refractivity contribution >= 4 is 29.5 Å². The first-order chi connectivity index (χ1) is 18.3. The van der Waals surface area contributed by atoms with Crippen molar-refractivity contribution in [1.82, 2.24) is 0 Å². The Morgan fingerprint density at radius 2 is 1.53 bits per heavy atom. The highest BCUT2D eigenvalue weighted by Gasteiger charge is 2.17. The second-order valence-electron chi connectivity index (χ2n) is 8.03. The summed E-state index contributed by atoms with van der Waals surface area (Å²) in [5.74, 6) is -0.393. The molecule has 38 heavy (non-hydrogen) atoms. The summed E-state index contributed by atoms with van der Waals surface area (Å²) >= 11 is 6.26. The Morgan fingerprint density at radius 3 is 2.21 bits per heavy atom. The van der Waals surface area contributed by atoms with Crippen molar-refractivity contribution in [2.45, 2.75) is 19.8 Å². The molecule has 3 aromatic rings. The Morgan fingerprint density at radius 1 is 0.842 bits per heavy atom. The van der Waals surface area contributed by atoms with Crippen molar-refractivity contribution in [2.24, 2.45) is 0 Å². The summed E-state index contributed by atoms with van der Waals surface area (Å²) in [7, 11) is 1.46. The van der Waals surface area contributed by atoms with Crippen LogP contribution in [0.2, 0.25) is 5.02 Å². The molecule has 0 aliphatic carbocycles. The SMILES string of the molecule is C=CC(=O)OCCCCOc1ccc(C(=O)Oc2ccc(C(=O)Oc3ccc(C)cc3)c(Cl)c2)cc1OC. The van der Waals surface area contributed by atoms with E-state index in [0.29, 0.717) is 36.7 Å². The molecular weight excluding hydrogens is 512 g/mol. The minimum absolute atomic E-state index is 0.0769. The van der Waals surface area contributed by atoms with Crippen molar-refractivity contribution in [1.29, 1.82) is 0 Å². The number of benzene rings is 3. The molecule has 9 heteroatoms. The van der Waals surface area contributed by atoms with Gasteiger partial charge in [-0.15, -0.1) is 0 Å². The summed E-state index contributed by atoms with van der Waals surface area (Å²) in [5.41, 5.74) is 1.40. The smallest absolute Gasteiger partial charge is 0.345 e. The van der Waals surface area contributed by atoms with Gasteiger partial charge in [0.25, 0.3) is 0 Å². The van der Waals surface area contributed by atoms with E-state index < -0.39 is 17.9 Å². The fourth-order valence-corrected chi connectivity index (χ4v) is 3.44. The number of esters is 3. The van der Waals surface area contributed by atoms with Crippen LogP contribution in [0.5, 0.6) is 23.0 Å². The van der Waals surface area contributed by atoms with Gasteiger partial charge in [-0.3, -0.25) is 0 Å². The molecule has 198 valence electrons. The maximum Gasteiger partial charge on any atom is 0.345 e. The molecule has 0 aliphatic heterocycles. The second-order valence-corrected chi connectivity index (χ2v) is 8.43. The molecule has 0 saturated carbocycles. The summed E-state index contributed by atoms with van der Waals surface area (Å²) in [6.45, 7) is 5.90. The highest BCUT2D eigenvalue weighted by molar-refractivity contribution is 6.33. The summed E-state index contributed by atoms with van der Waals surface area (Å²) in [6.07, 6.45) is 2.38. The van der Waals surface area contributed by atoms with Gasteiger partial charge in [0.05, 0.1) is 36.5 Å². The first-order valence-corrected chi connectivity index (χ1v) is 12.1. The van der Waals surface area contributed by atoms with Gasteiger partial charge < -0.3 is 23.7 Å². The highest BCUT2D eigenvalue weighted by atomic mass is 35.5. The number of methoxy groups -OCH3 is 1. The monoisotopic (exact) mass is 538 g/mol. The third-order valence-corrected chi connectivity index (χ3v) is 5.52. The normalized spacial score (nSPS) is 10.3. The van der Waals surface area contributed by atoms with Gasteiger partial charge in [-0.25, -0.2) is 14.4 Å². The first kappa shape index (κ1) is 28.3. The van der Waals surface area contributed by atoms with Crippen molar-refractivity contribution in [3.63, 3.8) is 0 Å². The number of rotatable bonds is 12. The number of unbranched alkanes of at least 4 members (excludes halogenated alkanes) is 1. The third-order valence-electron chi connectivity index (χ3n) is 5.21. The van der Waals surface area contributed by atoms with E-state index in [2.05, 4.69) is 6.58 Å². The molecule has 0 N–H and O–H groups in total. The molecule has 0 fully saturated rings. The molecule has 0 aliphatic rings. The van der Waals surface area contributed by atoms with Crippen LogP contribution in [0.4, 0.5) is 0 Å². The number of carbonyl (C=O) groups is 3. The lowest BCUT2D eigenvalue weighted by atomic mass is 10.2. The first-order valence-electron chi connectivity index (χ1n) is 11.7. The Balaban J connectivity index is 1.57. The zero-order valence-corrected chi connectivity index (χ0v) is 21.8. The van der Waals surface area contributed by atoms with Gasteiger partial charge in [0, 0.05) is 12.1 Å². The van der Waals surface area contributed by atoms with Crippen molar-refractivity contribution < 1.29 is 38.1 Å². The number of carbonyl (C=O) groups excluding carboxylic acids is 3. The minimum atomic E-state index is -0.648. The minimum Gasteiger partial charge on any atom is -0.493 e. The molecule has 0 aromatic heterocycles. The van der Waals surface area contributed by atoms with Crippen LogP contribution in [0.1, 0.15) is 39.1 Å². The van der Waals surface area contributed by atoms with Crippen molar-refractivity contribution in [3.05, 3.63) is 95.0 Å². The topological polar surface area (TPSA) is 97.4 Å². The van der Waals surface area contributed by atoms with E-state index in [1.165, 1.54) is 31.4 Å². The van der Waals surface area contributed by atoms with Crippen LogP contribution in [-0.4, -0.2) is 38.2 Å². The third kappa shape index (κ3) is 8.11. The van der Waals surface area contributed by atoms with Gasteiger partial charge in [-0.05, 0) is 62.2 Å². The molecule has 0 spiro atoms. The van der Waals surface area contributed by atoms with E-state index in [1.54, 1.807) is 24.3 Å². The van der Waals surface area contributed by atoms with Gasteiger partial charge >= 0.3 is 17.9 Å². The van der Waals surface area contributed by atoms with Gasteiger partial charge in [0.1, 0.15) is 11.5 Å². The van der Waals surface area contributed by atoms with Gasteiger partial charge in [0.2, 0.25) is 0 Å². The van der Waals surface area contributed by atoms with E-state index in [1.807, 2.05) is 19.1 Å². The Bertz CT molecular complexity index is 1300. The van der Waals surface area contributed by atoms with Crippen molar-refractivity contribution in [3.8, 4) is 23.0 Å². The molecule has 8 nitrogen and oxygen atoms in total. The van der Waals surface area contributed by atoms with E-state index >= 15 is 0 Å². The largest absolute Gasteiger partial charge is 0.493 e. The Kier molecular flexibility index (Phi) is 10.3. The lowest BCUT2D eigenvalue weighted by molar-refractivity contribution is -0.137. The molecule has 0 radical (unpaired) electrons. The summed E-state index contributed by atoms with van der Waals surface area (Å²) in [6, 6.07) is 15.9. The number of halogens is 1. The van der Waals surface area contributed by atoms with Crippen molar-refractivity contribution in [2.75, 3.05) is 20.3 Å². The van der Waals surface area contributed by atoms with Gasteiger partial charge in [-0.1, -0.05) is 35.9 Å². The van der Waals surface area contributed by atoms with Gasteiger partial charge in [0.15, 0.2) is 11.5 Å². The zero-order chi connectivity index (χ0) is 27.5. The fourth-order valence-electron chi connectivity index (χ4n) is 3.19. The van der Waals surface area contributed by atoms with E-state index in [-0.39, 0.29) is 28.5 Å². The quantitative estimate of drug-likeness (QED) is 0.120. The molecule has 3 rings (SSSR count). The van der Waals surface area contributed by atoms with E-state index in [9.17, 15) is 14.4 Å².